The van der Waals surface area contributed by atoms with Gasteiger partial charge in [-0.25, -0.2) is 8.78 Å². The first-order valence-electron chi connectivity index (χ1n) is 3.91. The van der Waals surface area contributed by atoms with E-state index in [-0.39, 0.29) is 5.56 Å². The van der Waals surface area contributed by atoms with Crippen molar-refractivity contribution < 1.29 is 26.7 Å². The van der Waals surface area contributed by atoms with Gasteiger partial charge in [0.2, 0.25) is 0 Å². The molecule has 0 unspecified atom stereocenters. The lowest BCUT2D eigenvalue weighted by Gasteiger charge is -2.10. The van der Waals surface area contributed by atoms with E-state index in [4.69, 9.17) is 5.26 Å². The SMILES string of the molecule is N#Cc1ccc(OC(F)(F)F)cc1C(F)F. The van der Waals surface area contributed by atoms with Crippen molar-refractivity contribution in [2.45, 2.75) is 12.8 Å². The van der Waals surface area contributed by atoms with Crippen LogP contribution in [0.15, 0.2) is 18.2 Å². The van der Waals surface area contributed by atoms with Crippen molar-refractivity contribution in [1.29, 1.82) is 5.26 Å². The number of hydrogen-bond acceptors (Lipinski definition) is 2. The molecule has 0 saturated heterocycles. The van der Waals surface area contributed by atoms with Gasteiger partial charge in [0.25, 0.3) is 6.43 Å². The number of nitrogens with zero attached hydrogens (tertiary/aromatic N) is 1. The number of nitriles is 1. The first-order valence-corrected chi connectivity index (χ1v) is 3.91. The van der Waals surface area contributed by atoms with E-state index in [1.165, 1.54) is 6.07 Å². The second-order valence-electron chi connectivity index (χ2n) is 2.71. The fourth-order valence-corrected chi connectivity index (χ4v) is 1.02. The van der Waals surface area contributed by atoms with Gasteiger partial charge in [-0.3, -0.25) is 0 Å². The standard InChI is InChI=1S/C9H4F5NO/c10-8(11)7-3-6(16-9(12,13)14)2-1-5(7)4-15/h1-3,8H. The van der Waals surface area contributed by atoms with Crippen LogP contribution in [0.1, 0.15) is 17.6 Å². The summed E-state index contributed by atoms with van der Waals surface area (Å²) < 4.78 is 63.5. The molecule has 0 aliphatic heterocycles. The van der Waals surface area contributed by atoms with E-state index in [2.05, 4.69) is 4.74 Å². The van der Waals surface area contributed by atoms with Crippen LogP contribution in [-0.2, 0) is 0 Å². The lowest BCUT2D eigenvalue weighted by Crippen LogP contribution is -2.17. The first kappa shape index (κ1) is 12.2. The van der Waals surface area contributed by atoms with Gasteiger partial charge in [-0.2, -0.15) is 5.26 Å². The topological polar surface area (TPSA) is 33.0 Å². The van der Waals surface area contributed by atoms with Crippen molar-refractivity contribution >= 4 is 0 Å². The lowest BCUT2D eigenvalue weighted by atomic mass is 10.1. The molecule has 0 fully saturated rings. The average molecular weight is 237 g/mol. The van der Waals surface area contributed by atoms with Gasteiger partial charge in [-0.1, -0.05) is 0 Å². The fourth-order valence-electron chi connectivity index (χ4n) is 1.02. The van der Waals surface area contributed by atoms with Crippen LogP contribution in [0, 0.1) is 11.3 Å². The van der Waals surface area contributed by atoms with Crippen LogP contribution in [0.4, 0.5) is 22.0 Å². The molecule has 86 valence electrons. The minimum atomic E-state index is -4.95. The van der Waals surface area contributed by atoms with E-state index in [0.717, 1.165) is 12.1 Å². The Kier molecular flexibility index (Phi) is 3.32. The minimum Gasteiger partial charge on any atom is -0.406 e. The quantitative estimate of drug-likeness (QED) is 0.738. The smallest absolute Gasteiger partial charge is 0.406 e. The van der Waals surface area contributed by atoms with Crippen LogP contribution in [0.25, 0.3) is 0 Å². The molecular formula is C9H4F5NO. The number of benzene rings is 1. The van der Waals surface area contributed by atoms with Crippen LogP contribution >= 0.6 is 0 Å². The first-order chi connectivity index (χ1) is 7.33. The summed E-state index contributed by atoms with van der Waals surface area (Å²) in [4.78, 5) is 0. The Bertz CT molecular complexity index is 421. The summed E-state index contributed by atoms with van der Waals surface area (Å²) >= 11 is 0. The predicted molar refractivity (Wildman–Crippen MR) is 42.8 cm³/mol. The number of alkyl halides is 5. The van der Waals surface area contributed by atoms with Crippen molar-refractivity contribution in [3.63, 3.8) is 0 Å². The molecule has 2 nitrogen and oxygen atoms in total. The van der Waals surface area contributed by atoms with E-state index in [1.807, 2.05) is 0 Å². The van der Waals surface area contributed by atoms with Crippen molar-refractivity contribution in [1.82, 2.24) is 0 Å². The van der Waals surface area contributed by atoms with Gasteiger partial charge >= 0.3 is 6.36 Å². The molecule has 0 spiro atoms. The van der Waals surface area contributed by atoms with Crippen LogP contribution in [-0.4, -0.2) is 6.36 Å². The predicted octanol–water partition coefficient (Wildman–Crippen LogP) is 3.39. The molecule has 0 heterocycles. The maximum Gasteiger partial charge on any atom is 0.573 e. The lowest BCUT2D eigenvalue weighted by molar-refractivity contribution is -0.274. The summed E-state index contributed by atoms with van der Waals surface area (Å²) in [5, 5.41) is 8.44. The molecule has 1 aromatic carbocycles. The number of halogens is 5. The molecule has 1 rings (SSSR count). The third-order valence-electron chi connectivity index (χ3n) is 1.61. The third kappa shape index (κ3) is 3.08. The zero-order valence-corrected chi connectivity index (χ0v) is 7.55. The van der Waals surface area contributed by atoms with Gasteiger partial charge in [0.15, 0.2) is 0 Å². The summed E-state index contributed by atoms with van der Waals surface area (Å²) in [6.45, 7) is 0. The molecule has 16 heavy (non-hydrogen) atoms. The maximum atomic E-state index is 12.3. The molecular weight excluding hydrogens is 233 g/mol. The summed E-state index contributed by atoms with van der Waals surface area (Å²) in [5.74, 6) is -0.776. The van der Waals surface area contributed by atoms with Crippen LogP contribution in [0.2, 0.25) is 0 Å². The number of ether oxygens (including phenoxy) is 1. The van der Waals surface area contributed by atoms with E-state index in [0.29, 0.717) is 6.07 Å². The summed E-state index contributed by atoms with van der Waals surface area (Å²) in [6.07, 6.45) is -7.99. The zero-order chi connectivity index (χ0) is 12.3. The van der Waals surface area contributed by atoms with E-state index in [9.17, 15) is 22.0 Å². The van der Waals surface area contributed by atoms with E-state index >= 15 is 0 Å². The molecule has 0 aliphatic rings. The second-order valence-corrected chi connectivity index (χ2v) is 2.71. The number of hydrogen-bond donors (Lipinski definition) is 0. The van der Waals surface area contributed by atoms with Gasteiger partial charge in [0, 0.05) is 5.56 Å². The Labute approximate surface area is 86.9 Å². The Morgan fingerprint density at radius 3 is 2.31 bits per heavy atom. The molecule has 0 radical (unpaired) electrons. The van der Waals surface area contributed by atoms with E-state index < -0.39 is 24.1 Å². The van der Waals surface area contributed by atoms with Gasteiger partial charge in [0.1, 0.15) is 5.75 Å². The molecule has 0 aliphatic carbocycles. The fraction of sp³-hybridized carbons (Fsp3) is 0.222. The third-order valence-corrected chi connectivity index (χ3v) is 1.61. The average Bonchev–Trinajstić information content (AvgIpc) is 2.15. The van der Waals surface area contributed by atoms with Gasteiger partial charge in [-0.05, 0) is 18.2 Å². The van der Waals surface area contributed by atoms with Crippen molar-refractivity contribution in [2.75, 3.05) is 0 Å². The summed E-state index contributed by atoms with van der Waals surface area (Å²) in [6, 6.07) is 3.60. The van der Waals surface area contributed by atoms with Gasteiger partial charge in [0.05, 0.1) is 11.6 Å². The van der Waals surface area contributed by atoms with Crippen molar-refractivity contribution in [3.8, 4) is 11.8 Å². The van der Waals surface area contributed by atoms with Crippen molar-refractivity contribution in [3.05, 3.63) is 29.3 Å². The highest BCUT2D eigenvalue weighted by molar-refractivity contribution is 5.43. The normalized spacial score (nSPS) is 11.3. The maximum absolute atomic E-state index is 12.3. The summed E-state index contributed by atoms with van der Waals surface area (Å²) in [7, 11) is 0. The largest absolute Gasteiger partial charge is 0.573 e. The molecule has 0 bridgehead atoms. The summed E-state index contributed by atoms with van der Waals surface area (Å²) in [5.41, 5.74) is -1.17. The highest BCUT2D eigenvalue weighted by Crippen LogP contribution is 2.29. The van der Waals surface area contributed by atoms with Gasteiger partial charge in [-0.15, -0.1) is 13.2 Å². The van der Waals surface area contributed by atoms with Crippen LogP contribution < -0.4 is 4.74 Å². The highest BCUT2D eigenvalue weighted by Gasteiger charge is 2.31. The monoisotopic (exact) mass is 237 g/mol. The molecule has 0 saturated carbocycles. The zero-order valence-electron chi connectivity index (χ0n) is 7.55. The number of rotatable bonds is 2. The molecule has 1 aromatic rings. The van der Waals surface area contributed by atoms with Crippen LogP contribution in [0.3, 0.4) is 0 Å². The van der Waals surface area contributed by atoms with E-state index in [1.54, 1.807) is 0 Å². The van der Waals surface area contributed by atoms with Crippen molar-refractivity contribution in [2.24, 2.45) is 0 Å². The van der Waals surface area contributed by atoms with Gasteiger partial charge < -0.3 is 4.74 Å². The highest BCUT2D eigenvalue weighted by atomic mass is 19.4. The molecule has 0 aromatic heterocycles. The molecule has 0 amide bonds. The minimum absolute atomic E-state index is 0.385. The Hall–Kier alpha value is -1.84. The molecule has 7 heteroatoms. The Balaban J connectivity index is 3.09. The molecule has 0 atom stereocenters. The molecule has 0 N–H and O–H groups in total. The Morgan fingerprint density at radius 1 is 1.25 bits per heavy atom. The second kappa shape index (κ2) is 4.35. The Morgan fingerprint density at radius 2 is 1.88 bits per heavy atom. The van der Waals surface area contributed by atoms with Crippen LogP contribution in [0.5, 0.6) is 5.75 Å².